The predicted molar refractivity (Wildman–Crippen MR) is 141 cm³/mol. The zero-order valence-electron chi connectivity index (χ0n) is 20.6. The van der Waals surface area contributed by atoms with Gasteiger partial charge in [-0.05, 0) is 69.8 Å². The van der Waals surface area contributed by atoms with Gasteiger partial charge in [-0.25, -0.2) is 4.98 Å². The number of amides is 1. The van der Waals surface area contributed by atoms with E-state index in [9.17, 15) is 13.2 Å². The average molecular weight is 511 g/mol. The van der Waals surface area contributed by atoms with Crippen LogP contribution in [-0.4, -0.2) is 60.3 Å². The zero-order chi connectivity index (χ0) is 25.1. The van der Waals surface area contributed by atoms with Crippen LogP contribution in [-0.2, 0) is 10.2 Å². The molecule has 2 fully saturated rings. The van der Waals surface area contributed by atoms with Crippen molar-refractivity contribution in [3.05, 3.63) is 54.4 Å². The van der Waals surface area contributed by atoms with Gasteiger partial charge in [-0.1, -0.05) is 18.6 Å². The van der Waals surface area contributed by atoms with E-state index in [4.69, 9.17) is 0 Å². The highest BCUT2D eigenvalue weighted by Gasteiger charge is 2.21. The van der Waals surface area contributed by atoms with E-state index in [0.717, 1.165) is 37.8 Å². The Balaban J connectivity index is 1.23. The van der Waals surface area contributed by atoms with Gasteiger partial charge in [0.2, 0.25) is 0 Å². The van der Waals surface area contributed by atoms with Crippen LogP contribution in [0.2, 0.25) is 0 Å². The van der Waals surface area contributed by atoms with Crippen molar-refractivity contribution in [2.24, 2.45) is 0 Å². The Morgan fingerprint density at radius 3 is 2.72 bits per heavy atom. The predicted octanol–water partition coefficient (Wildman–Crippen LogP) is 3.40. The van der Waals surface area contributed by atoms with Gasteiger partial charge in [-0.2, -0.15) is 13.1 Å². The Hall–Kier alpha value is -2.95. The summed E-state index contributed by atoms with van der Waals surface area (Å²) >= 11 is 0. The van der Waals surface area contributed by atoms with Gasteiger partial charge in [0.1, 0.15) is 5.65 Å². The first-order valence-corrected chi connectivity index (χ1v) is 14.3. The largest absolute Gasteiger partial charge is 0.349 e. The normalized spacial score (nSPS) is 19.2. The lowest BCUT2D eigenvalue weighted by atomic mass is 9.93. The van der Waals surface area contributed by atoms with Gasteiger partial charge in [0, 0.05) is 43.1 Å². The smallest absolute Gasteiger partial charge is 0.299 e. The molecule has 5 rings (SSSR count). The number of likely N-dealkylation sites (tertiary alicyclic amines) is 1. The van der Waals surface area contributed by atoms with Crippen LogP contribution in [0.25, 0.3) is 16.9 Å². The number of benzene rings is 1. The van der Waals surface area contributed by atoms with Gasteiger partial charge in [0.25, 0.3) is 16.1 Å². The Morgan fingerprint density at radius 2 is 1.94 bits per heavy atom. The molecule has 0 spiro atoms. The standard InChI is InChI=1S/C26H34N6O3S/c1-19-6-2-3-14-31(19)15-13-27-36(34,35)30-23-10-4-7-20(16-23)24-18-32-17-21(11-12-25(32)29-24)26(33)28-22-8-5-9-22/h4,7,10-12,16-19,22,27,30H,2-3,5-6,8-9,13-15H2,1H3,(H,28,33). The van der Waals surface area contributed by atoms with E-state index in [1.54, 1.807) is 30.5 Å². The second kappa shape index (κ2) is 10.6. The second-order valence-corrected chi connectivity index (χ2v) is 11.4. The van der Waals surface area contributed by atoms with E-state index in [-0.39, 0.29) is 11.9 Å². The summed E-state index contributed by atoms with van der Waals surface area (Å²) in [6.45, 7) is 4.28. The quantitative estimate of drug-likeness (QED) is 0.409. The third-order valence-electron chi connectivity index (χ3n) is 7.20. The molecule has 192 valence electrons. The summed E-state index contributed by atoms with van der Waals surface area (Å²) in [5.41, 5.74) is 3.24. The fourth-order valence-electron chi connectivity index (χ4n) is 4.83. The molecule has 1 aromatic carbocycles. The Bertz CT molecular complexity index is 1330. The summed E-state index contributed by atoms with van der Waals surface area (Å²) in [6, 6.07) is 11.5. The molecular formula is C26H34N6O3S. The molecule has 36 heavy (non-hydrogen) atoms. The molecule has 1 aliphatic carbocycles. The number of carbonyl (C=O) groups excluding carboxylic acids is 1. The molecule has 2 aliphatic rings. The fourth-order valence-corrected chi connectivity index (χ4v) is 5.70. The lowest BCUT2D eigenvalue weighted by molar-refractivity contribution is 0.0916. The van der Waals surface area contributed by atoms with Crippen molar-refractivity contribution in [3.8, 4) is 11.3 Å². The first-order valence-electron chi connectivity index (χ1n) is 12.8. The number of piperidine rings is 1. The second-order valence-electron chi connectivity index (χ2n) is 9.87. The summed E-state index contributed by atoms with van der Waals surface area (Å²) in [6.07, 6.45) is 10.4. The Morgan fingerprint density at radius 1 is 1.08 bits per heavy atom. The van der Waals surface area contributed by atoms with Crippen LogP contribution in [0.1, 0.15) is 55.8 Å². The molecule has 3 heterocycles. The van der Waals surface area contributed by atoms with Crippen LogP contribution in [0.3, 0.4) is 0 Å². The highest BCUT2D eigenvalue weighted by Crippen LogP contribution is 2.24. The number of imidazole rings is 1. The highest BCUT2D eigenvalue weighted by atomic mass is 32.2. The molecule has 2 aromatic heterocycles. The number of anilines is 1. The van der Waals surface area contributed by atoms with Crippen molar-refractivity contribution in [1.29, 1.82) is 0 Å². The summed E-state index contributed by atoms with van der Waals surface area (Å²) in [5, 5.41) is 3.05. The van der Waals surface area contributed by atoms with Gasteiger partial charge in [-0.3, -0.25) is 14.4 Å². The minimum atomic E-state index is -3.70. The molecule has 1 atom stereocenters. The first-order chi connectivity index (χ1) is 17.4. The topological polar surface area (TPSA) is 108 Å². The number of pyridine rings is 1. The van der Waals surface area contributed by atoms with E-state index in [0.29, 0.717) is 41.7 Å². The van der Waals surface area contributed by atoms with Crippen LogP contribution in [0, 0.1) is 0 Å². The monoisotopic (exact) mass is 510 g/mol. The van der Waals surface area contributed by atoms with E-state index in [1.807, 2.05) is 22.7 Å². The van der Waals surface area contributed by atoms with Crippen molar-refractivity contribution in [2.45, 2.75) is 57.5 Å². The molecule has 1 saturated carbocycles. The van der Waals surface area contributed by atoms with Gasteiger partial charge >= 0.3 is 0 Å². The molecular weight excluding hydrogens is 476 g/mol. The lowest BCUT2D eigenvalue weighted by Crippen LogP contribution is -2.43. The number of hydrogen-bond donors (Lipinski definition) is 3. The van der Waals surface area contributed by atoms with Gasteiger partial charge in [0.05, 0.1) is 16.9 Å². The van der Waals surface area contributed by atoms with Crippen LogP contribution >= 0.6 is 0 Å². The SMILES string of the molecule is CC1CCCCN1CCNS(=O)(=O)Nc1cccc(-c2cn3cc(C(=O)NC4CCC4)ccc3n2)c1. The van der Waals surface area contributed by atoms with Crippen molar-refractivity contribution in [3.63, 3.8) is 0 Å². The van der Waals surface area contributed by atoms with E-state index < -0.39 is 10.2 Å². The number of hydrogen-bond acceptors (Lipinski definition) is 5. The van der Waals surface area contributed by atoms with Crippen molar-refractivity contribution in [1.82, 2.24) is 24.3 Å². The van der Waals surface area contributed by atoms with Gasteiger partial charge in [0.15, 0.2) is 0 Å². The maximum atomic E-state index is 12.6. The van der Waals surface area contributed by atoms with Crippen LogP contribution < -0.4 is 14.8 Å². The number of fused-ring (bicyclic) bond motifs is 1. The maximum Gasteiger partial charge on any atom is 0.299 e. The lowest BCUT2D eigenvalue weighted by Gasteiger charge is -2.33. The van der Waals surface area contributed by atoms with Gasteiger partial charge in [-0.15, -0.1) is 0 Å². The van der Waals surface area contributed by atoms with Crippen LogP contribution in [0.15, 0.2) is 48.8 Å². The molecule has 9 nitrogen and oxygen atoms in total. The molecule has 1 aliphatic heterocycles. The first kappa shape index (κ1) is 24.7. The summed E-state index contributed by atoms with van der Waals surface area (Å²) in [7, 11) is -3.70. The summed E-state index contributed by atoms with van der Waals surface area (Å²) < 4.78 is 32.3. The molecule has 3 aromatic rings. The van der Waals surface area contributed by atoms with E-state index >= 15 is 0 Å². The minimum Gasteiger partial charge on any atom is -0.349 e. The number of nitrogens with one attached hydrogen (secondary N) is 3. The number of aromatic nitrogens is 2. The highest BCUT2D eigenvalue weighted by molar-refractivity contribution is 7.90. The van der Waals surface area contributed by atoms with Crippen molar-refractivity contribution in [2.75, 3.05) is 24.4 Å². The molecule has 0 bridgehead atoms. The third kappa shape index (κ3) is 5.88. The Kier molecular flexibility index (Phi) is 7.27. The Labute approximate surface area is 212 Å². The molecule has 0 radical (unpaired) electrons. The summed E-state index contributed by atoms with van der Waals surface area (Å²) in [5.74, 6) is -0.0736. The molecule has 1 unspecified atom stereocenters. The molecule has 10 heteroatoms. The van der Waals surface area contributed by atoms with Crippen molar-refractivity contribution < 1.29 is 13.2 Å². The molecule has 1 amide bonds. The van der Waals surface area contributed by atoms with Crippen molar-refractivity contribution >= 4 is 27.5 Å². The maximum absolute atomic E-state index is 12.6. The third-order valence-corrected chi connectivity index (χ3v) is 8.28. The summed E-state index contributed by atoms with van der Waals surface area (Å²) in [4.78, 5) is 19.5. The van der Waals surface area contributed by atoms with E-state index in [1.165, 1.54) is 12.8 Å². The van der Waals surface area contributed by atoms with Crippen LogP contribution in [0.4, 0.5) is 5.69 Å². The number of nitrogens with zero attached hydrogens (tertiary/aromatic N) is 3. The zero-order valence-corrected chi connectivity index (χ0v) is 21.4. The molecule has 1 saturated heterocycles. The molecule has 3 N–H and O–H groups in total. The average Bonchev–Trinajstić information content (AvgIpc) is 3.26. The van der Waals surface area contributed by atoms with E-state index in [2.05, 4.69) is 31.6 Å². The van der Waals surface area contributed by atoms with Gasteiger partial charge < -0.3 is 9.72 Å². The fraction of sp³-hybridized carbons (Fsp3) is 0.462. The number of rotatable bonds is 9. The van der Waals surface area contributed by atoms with Crippen LogP contribution in [0.5, 0.6) is 0 Å². The number of carbonyl (C=O) groups is 1. The minimum absolute atomic E-state index is 0.0736.